The summed E-state index contributed by atoms with van der Waals surface area (Å²) < 4.78 is 119. The summed E-state index contributed by atoms with van der Waals surface area (Å²) in [6, 6.07) is 8.52. The van der Waals surface area contributed by atoms with Gasteiger partial charge < -0.3 is 42.6 Å². The van der Waals surface area contributed by atoms with Crippen LogP contribution in [0.5, 0.6) is 28.7 Å². The Bertz CT molecular complexity index is 1910. The Morgan fingerprint density at radius 3 is 2.36 bits per heavy atom. The van der Waals surface area contributed by atoms with Crippen molar-refractivity contribution in [2.45, 2.75) is 49.7 Å². The van der Waals surface area contributed by atoms with Crippen molar-refractivity contribution in [2.24, 2.45) is 0 Å². The highest BCUT2D eigenvalue weighted by Gasteiger charge is 2.64. The maximum Gasteiger partial charge on any atom is 0.523 e. The Kier molecular flexibility index (Phi) is 7.22. The van der Waals surface area contributed by atoms with Crippen molar-refractivity contribution < 1.29 is 73.2 Å². The average Bonchev–Trinajstić information content (AvgIpc) is 3.77. The van der Waals surface area contributed by atoms with Crippen LogP contribution < -0.4 is 23.7 Å². The fourth-order valence-electron chi connectivity index (χ4n) is 6.21. The smallest absolute Gasteiger partial charge is 0.493 e. The van der Waals surface area contributed by atoms with Crippen LogP contribution in [0.25, 0.3) is 21.9 Å². The van der Waals surface area contributed by atoms with Gasteiger partial charge in [0, 0.05) is 16.5 Å². The van der Waals surface area contributed by atoms with Gasteiger partial charge in [0.15, 0.2) is 40.5 Å². The predicted molar refractivity (Wildman–Crippen MR) is 152 cm³/mol. The first-order valence-corrected chi connectivity index (χ1v) is 15.5. The third kappa shape index (κ3) is 5.07. The summed E-state index contributed by atoms with van der Waals surface area (Å²) in [7, 11) is -3.07. The van der Waals surface area contributed by atoms with Crippen LogP contribution in [0, 0.1) is 0 Å². The van der Waals surface area contributed by atoms with E-state index in [0.717, 1.165) is 0 Å². The Morgan fingerprint density at radius 1 is 0.957 bits per heavy atom. The van der Waals surface area contributed by atoms with Crippen molar-refractivity contribution in [2.75, 3.05) is 34.2 Å². The van der Waals surface area contributed by atoms with E-state index in [-0.39, 0.29) is 24.7 Å². The van der Waals surface area contributed by atoms with Crippen LogP contribution in [-0.4, -0.2) is 77.9 Å². The lowest BCUT2D eigenvalue weighted by molar-refractivity contribution is -0.211. The summed E-state index contributed by atoms with van der Waals surface area (Å²) in [5.74, 6) is -0.222. The van der Waals surface area contributed by atoms with Crippen molar-refractivity contribution in [3.63, 3.8) is 0 Å². The molecule has 7 rings (SSSR count). The molecular weight excluding hydrogens is 657 g/mol. The monoisotopic (exact) mass is 684 g/mol. The van der Waals surface area contributed by atoms with Crippen molar-refractivity contribution in [3.8, 4) is 39.9 Å². The normalized spacial score (nSPS) is 24.3. The van der Waals surface area contributed by atoms with E-state index < -0.39 is 58.6 Å². The molecule has 4 aliphatic heterocycles. The summed E-state index contributed by atoms with van der Waals surface area (Å²) in [5, 5.41) is 0.921. The molecule has 3 aromatic carbocycles. The van der Waals surface area contributed by atoms with Gasteiger partial charge in [0.25, 0.3) is 0 Å². The number of alkyl halides is 3. The maximum atomic E-state index is 13.4. The van der Waals surface area contributed by atoms with Gasteiger partial charge in [0.05, 0.1) is 26.4 Å². The van der Waals surface area contributed by atoms with E-state index in [1.54, 1.807) is 30.3 Å². The molecule has 4 aliphatic rings. The highest BCUT2D eigenvalue weighted by Crippen LogP contribution is 2.51. The fourth-order valence-corrected chi connectivity index (χ4v) is 6.70. The largest absolute Gasteiger partial charge is 0.523 e. The standard InChI is InChI=1S/C30H27F3O13S/c1-28(2)45-25-27(40-11-29(25,46-28)12-43-47(35,36)30(31,32)33)44-24-16-9-20(38-4)19(37-3)8-15(16)22(23-17(24)10-39-26(23)34)14-5-6-18-21(7-14)42-13-41-18/h5-9,25,27H,10-13H2,1-4H3/t25-,27+,29-/m0/s1. The molecule has 0 radical (unpaired) electrons. The lowest BCUT2D eigenvalue weighted by Crippen LogP contribution is -2.48. The predicted octanol–water partition coefficient (Wildman–Crippen LogP) is 4.41. The molecule has 2 saturated heterocycles. The molecule has 0 N–H and O–H groups in total. The van der Waals surface area contributed by atoms with E-state index >= 15 is 0 Å². The van der Waals surface area contributed by atoms with Gasteiger partial charge in [-0.15, -0.1) is 0 Å². The minimum atomic E-state index is -5.96. The van der Waals surface area contributed by atoms with Gasteiger partial charge in [-0.25, -0.2) is 4.79 Å². The molecule has 0 unspecified atom stereocenters. The summed E-state index contributed by atoms with van der Waals surface area (Å²) in [4.78, 5) is 13.4. The second-order valence-electron chi connectivity index (χ2n) is 11.5. The molecule has 4 heterocycles. The molecule has 13 nitrogen and oxygen atoms in total. The quantitative estimate of drug-likeness (QED) is 0.188. The highest BCUT2D eigenvalue weighted by atomic mass is 32.2. The van der Waals surface area contributed by atoms with E-state index in [9.17, 15) is 26.4 Å². The Hall–Kier alpha value is -4.03. The number of carbonyl (C=O) groups is 1. The Morgan fingerprint density at radius 2 is 1.66 bits per heavy atom. The number of hydrogen-bond acceptors (Lipinski definition) is 13. The van der Waals surface area contributed by atoms with Crippen LogP contribution in [0.2, 0.25) is 0 Å². The summed E-state index contributed by atoms with van der Waals surface area (Å²) in [6.07, 6.45) is -2.63. The molecular formula is C30H27F3O13S. The molecule has 0 amide bonds. The third-order valence-corrected chi connectivity index (χ3v) is 9.16. The van der Waals surface area contributed by atoms with E-state index in [0.29, 0.717) is 50.5 Å². The molecule has 3 aromatic rings. The number of halogens is 3. The van der Waals surface area contributed by atoms with E-state index in [2.05, 4.69) is 4.18 Å². The van der Waals surface area contributed by atoms with Crippen LogP contribution in [-0.2, 0) is 39.9 Å². The number of ether oxygens (including phenoxy) is 9. The van der Waals surface area contributed by atoms with Gasteiger partial charge in [-0.05, 0) is 49.1 Å². The van der Waals surface area contributed by atoms with Crippen molar-refractivity contribution in [3.05, 3.63) is 41.5 Å². The number of esters is 1. The molecule has 0 aliphatic carbocycles. The molecule has 252 valence electrons. The maximum absolute atomic E-state index is 13.4. The van der Waals surface area contributed by atoms with Gasteiger partial charge in [0.2, 0.25) is 13.1 Å². The van der Waals surface area contributed by atoms with Crippen molar-refractivity contribution in [1.29, 1.82) is 0 Å². The highest BCUT2D eigenvalue weighted by molar-refractivity contribution is 7.87. The molecule has 17 heteroatoms. The van der Waals surface area contributed by atoms with E-state index in [1.807, 2.05) is 0 Å². The topological polar surface area (TPSA) is 144 Å². The zero-order valence-corrected chi connectivity index (χ0v) is 26.0. The van der Waals surface area contributed by atoms with Crippen LogP contribution in [0.3, 0.4) is 0 Å². The molecule has 0 spiro atoms. The minimum absolute atomic E-state index is 0.0390. The number of hydrogen-bond donors (Lipinski definition) is 0. The summed E-state index contributed by atoms with van der Waals surface area (Å²) >= 11 is 0. The second-order valence-corrected chi connectivity index (χ2v) is 13.1. The number of methoxy groups -OCH3 is 2. The lowest BCUT2D eigenvalue weighted by atomic mass is 9.89. The number of cyclic esters (lactones) is 1. The lowest BCUT2D eigenvalue weighted by Gasteiger charge is -2.26. The number of carbonyl (C=O) groups excluding carboxylic acids is 1. The summed E-state index contributed by atoms with van der Waals surface area (Å²) in [5.41, 5.74) is -5.84. The number of fused-ring (bicyclic) bond motifs is 4. The molecule has 3 atom stereocenters. The van der Waals surface area contributed by atoms with Gasteiger partial charge in [-0.2, -0.15) is 21.6 Å². The molecule has 0 saturated carbocycles. The second kappa shape index (κ2) is 10.7. The first-order valence-electron chi connectivity index (χ1n) is 14.1. The SMILES string of the molecule is COc1cc2c(O[C@H]3OC[C@@]4(COS(=O)(=O)C(F)(F)F)OC(C)(C)O[C@@H]34)c3c(c(-c4ccc5c(c4)OCO5)c2cc1OC)C(=O)OC3. The minimum Gasteiger partial charge on any atom is -0.493 e. The van der Waals surface area contributed by atoms with Gasteiger partial charge in [-0.1, -0.05) is 6.07 Å². The summed E-state index contributed by atoms with van der Waals surface area (Å²) in [6.45, 7) is 1.33. The van der Waals surface area contributed by atoms with Crippen LogP contribution >= 0.6 is 0 Å². The molecule has 0 bridgehead atoms. The van der Waals surface area contributed by atoms with Crippen LogP contribution in [0.15, 0.2) is 30.3 Å². The van der Waals surface area contributed by atoms with E-state index in [1.165, 1.54) is 28.1 Å². The van der Waals surface area contributed by atoms with Crippen molar-refractivity contribution >= 4 is 26.9 Å². The number of benzene rings is 3. The number of rotatable bonds is 8. The Labute approximate surface area is 265 Å². The van der Waals surface area contributed by atoms with Crippen LogP contribution in [0.1, 0.15) is 29.8 Å². The van der Waals surface area contributed by atoms with Crippen LogP contribution in [0.4, 0.5) is 13.2 Å². The average molecular weight is 685 g/mol. The Balaban J connectivity index is 1.36. The molecule has 0 aromatic heterocycles. The third-order valence-electron chi connectivity index (χ3n) is 8.17. The van der Waals surface area contributed by atoms with Gasteiger partial charge in [-0.3, -0.25) is 4.18 Å². The first-order chi connectivity index (χ1) is 22.2. The molecule has 47 heavy (non-hydrogen) atoms. The zero-order chi connectivity index (χ0) is 33.5. The van der Waals surface area contributed by atoms with Crippen molar-refractivity contribution in [1.82, 2.24) is 0 Å². The van der Waals surface area contributed by atoms with Gasteiger partial charge in [0.1, 0.15) is 19.0 Å². The fraction of sp³-hybridized carbons (Fsp3) is 0.433. The first kappa shape index (κ1) is 31.6. The molecule has 2 fully saturated rings. The van der Waals surface area contributed by atoms with Gasteiger partial charge >= 0.3 is 21.6 Å². The zero-order valence-electron chi connectivity index (χ0n) is 25.2. The van der Waals surface area contributed by atoms with E-state index in [4.69, 9.17) is 42.6 Å².